The molecule has 0 saturated carbocycles. The molecule has 1 aromatic rings. The summed E-state index contributed by atoms with van der Waals surface area (Å²) >= 11 is 0. The zero-order valence-electron chi connectivity index (χ0n) is 14.0. The molecule has 0 aliphatic carbocycles. The van der Waals surface area contributed by atoms with Gasteiger partial charge in [-0.3, -0.25) is 0 Å². The van der Waals surface area contributed by atoms with Crippen LogP contribution in [-0.2, 0) is 6.42 Å². The Hall–Kier alpha value is -1.52. The molecule has 2 rings (SSSR count). The number of benzene rings is 1. The van der Waals surface area contributed by atoms with Crippen molar-refractivity contribution in [1.82, 2.24) is 0 Å². The maximum atomic E-state index is 5.98. The lowest BCUT2D eigenvalue weighted by atomic mass is 10.1. The smallest absolute Gasteiger partial charge is 0.127 e. The van der Waals surface area contributed by atoms with Gasteiger partial charge in [0.1, 0.15) is 37.7 Å². The van der Waals surface area contributed by atoms with Gasteiger partial charge in [-0.1, -0.05) is 6.08 Å². The number of ether oxygens (including phenoxy) is 2. The zero-order valence-corrected chi connectivity index (χ0v) is 14.0. The summed E-state index contributed by atoms with van der Waals surface area (Å²) in [5, 5.41) is 0. The van der Waals surface area contributed by atoms with E-state index in [-0.39, 0.29) is 0 Å². The van der Waals surface area contributed by atoms with E-state index in [0.29, 0.717) is 0 Å². The van der Waals surface area contributed by atoms with Gasteiger partial charge in [-0.2, -0.15) is 0 Å². The van der Waals surface area contributed by atoms with E-state index in [1.165, 1.54) is 32.7 Å². The molecule has 0 atom stereocenters. The fourth-order valence-electron chi connectivity index (χ4n) is 2.92. The second-order valence-corrected chi connectivity index (χ2v) is 6.13. The van der Waals surface area contributed by atoms with Gasteiger partial charge >= 0.3 is 0 Å². The standard InChI is InChI=1S/C18H28N2O2/c1-4-6-16-15-17(21-3)7-8-18(16)22-14-5-9-20-12-10-19(2)11-13-20/h4,7-8,15H,1,5-6,9-14H2,2-3H3/p+2. The van der Waals surface area contributed by atoms with Crippen LogP contribution in [0.15, 0.2) is 30.9 Å². The van der Waals surface area contributed by atoms with E-state index >= 15 is 0 Å². The second kappa shape index (κ2) is 8.81. The number of nitrogens with one attached hydrogen (secondary N) is 2. The van der Waals surface area contributed by atoms with Gasteiger partial charge in [0.15, 0.2) is 0 Å². The summed E-state index contributed by atoms with van der Waals surface area (Å²) in [6, 6.07) is 5.99. The molecule has 0 amide bonds. The fraction of sp³-hybridized carbons (Fsp3) is 0.556. The molecular formula is C18H30N2O2+2. The summed E-state index contributed by atoms with van der Waals surface area (Å²) in [4.78, 5) is 3.38. The van der Waals surface area contributed by atoms with Gasteiger partial charge in [0, 0.05) is 12.0 Å². The monoisotopic (exact) mass is 306 g/mol. The second-order valence-electron chi connectivity index (χ2n) is 6.13. The van der Waals surface area contributed by atoms with E-state index in [9.17, 15) is 0 Å². The highest BCUT2D eigenvalue weighted by molar-refractivity contribution is 5.41. The van der Waals surface area contributed by atoms with Crippen molar-refractivity contribution in [3.8, 4) is 11.5 Å². The minimum atomic E-state index is 0.780. The van der Waals surface area contributed by atoms with Crippen molar-refractivity contribution in [1.29, 1.82) is 0 Å². The number of likely N-dealkylation sites (N-methyl/N-ethyl adjacent to an activating group) is 1. The van der Waals surface area contributed by atoms with Crippen molar-refractivity contribution in [2.45, 2.75) is 12.8 Å². The summed E-state index contributed by atoms with van der Waals surface area (Å²) < 4.78 is 11.3. The molecule has 1 heterocycles. The number of quaternary nitrogens is 2. The van der Waals surface area contributed by atoms with Gasteiger partial charge < -0.3 is 19.3 Å². The van der Waals surface area contributed by atoms with Crippen LogP contribution in [0.5, 0.6) is 11.5 Å². The van der Waals surface area contributed by atoms with Crippen molar-refractivity contribution in [3.63, 3.8) is 0 Å². The number of allylic oxidation sites excluding steroid dienone is 1. The largest absolute Gasteiger partial charge is 0.497 e. The quantitative estimate of drug-likeness (QED) is 0.505. The molecule has 1 aliphatic heterocycles. The molecule has 0 radical (unpaired) electrons. The number of hydrogen-bond donors (Lipinski definition) is 2. The lowest BCUT2D eigenvalue weighted by Crippen LogP contribution is -3.27. The first-order chi connectivity index (χ1) is 10.7. The highest BCUT2D eigenvalue weighted by atomic mass is 16.5. The first-order valence-electron chi connectivity index (χ1n) is 8.28. The van der Waals surface area contributed by atoms with Crippen molar-refractivity contribution in [2.75, 3.05) is 53.5 Å². The zero-order chi connectivity index (χ0) is 15.8. The Labute approximate surface area is 134 Å². The molecule has 0 spiro atoms. The molecule has 1 fully saturated rings. The van der Waals surface area contributed by atoms with Crippen molar-refractivity contribution < 1.29 is 19.3 Å². The van der Waals surface area contributed by atoms with Gasteiger partial charge in [-0.25, -0.2) is 0 Å². The molecule has 1 saturated heterocycles. The van der Waals surface area contributed by atoms with E-state index in [1.54, 1.807) is 16.9 Å². The number of hydrogen-bond acceptors (Lipinski definition) is 2. The van der Waals surface area contributed by atoms with Crippen LogP contribution in [0.25, 0.3) is 0 Å². The maximum Gasteiger partial charge on any atom is 0.127 e. The molecule has 2 N–H and O–H groups in total. The van der Waals surface area contributed by atoms with Crippen LogP contribution in [0.3, 0.4) is 0 Å². The predicted molar refractivity (Wildman–Crippen MR) is 89.2 cm³/mol. The average Bonchev–Trinajstić information content (AvgIpc) is 2.54. The van der Waals surface area contributed by atoms with E-state index in [0.717, 1.165) is 36.5 Å². The Morgan fingerprint density at radius 1 is 1.23 bits per heavy atom. The summed E-state index contributed by atoms with van der Waals surface area (Å²) in [6.07, 6.45) is 3.81. The van der Waals surface area contributed by atoms with Crippen molar-refractivity contribution in [3.05, 3.63) is 36.4 Å². The molecule has 4 nitrogen and oxygen atoms in total. The third-order valence-corrected chi connectivity index (χ3v) is 4.37. The third kappa shape index (κ3) is 5.04. The molecule has 1 aliphatic rings. The van der Waals surface area contributed by atoms with Crippen LogP contribution >= 0.6 is 0 Å². The number of piperazine rings is 1. The SMILES string of the molecule is C=CCc1cc(OC)ccc1OCCC[NH+]1CC[NH+](C)CC1. The summed E-state index contributed by atoms with van der Waals surface area (Å²) in [5.41, 5.74) is 1.14. The lowest BCUT2D eigenvalue weighted by molar-refractivity contribution is -1.00. The Morgan fingerprint density at radius 2 is 2.00 bits per heavy atom. The van der Waals surface area contributed by atoms with Gasteiger partial charge in [0.25, 0.3) is 0 Å². The van der Waals surface area contributed by atoms with Crippen LogP contribution in [-0.4, -0.2) is 53.5 Å². The molecule has 122 valence electrons. The molecule has 0 aromatic heterocycles. The predicted octanol–water partition coefficient (Wildman–Crippen LogP) is -0.394. The average molecular weight is 306 g/mol. The summed E-state index contributed by atoms with van der Waals surface area (Å²) in [6.45, 7) is 11.0. The van der Waals surface area contributed by atoms with Gasteiger partial charge in [-0.15, -0.1) is 6.58 Å². The number of methoxy groups -OCH3 is 1. The maximum absolute atomic E-state index is 5.98. The lowest BCUT2D eigenvalue weighted by Gasteiger charge is -2.27. The highest BCUT2D eigenvalue weighted by Gasteiger charge is 2.19. The van der Waals surface area contributed by atoms with Crippen molar-refractivity contribution >= 4 is 0 Å². The molecule has 4 heteroatoms. The topological polar surface area (TPSA) is 27.3 Å². The minimum absolute atomic E-state index is 0.780. The summed E-state index contributed by atoms with van der Waals surface area (Å²) in [5.74, 6) is 1.83. The van der Waals surface area contributed by atoms with Crippen molar-refractivity contribution in [2.24, 2.45) is 0 Å². The van der Waals surface area contributed by atoms with E-state index in [2.05, 4.69) is 13.6 Å². The fourth-order valence-corrected chi connectivity index (χ4v) is 2.92. The van der Waals surface area contributed by atoms with Crippen LogP contribution in [0.4, 0.5) is 0 Å². The van der Waals surface area contributed by atoms with E-state index in [1.807, 2.05) is 24.3 Å². The normalized spacial score (nSPS) is 21.4. The van der Waals surface area contributed by atoms with Crippen LogP contribution < -0.4 is 19.3 Å². The van der Waals surface area contributed by atoms with Crippen LogP contribution in [0.1, 0.15) is 12.0 Å². The highest BCUT2D eigenvalue weighted by Crippen LogP contribution is 2.25. The number of rotatable bonds is 8. The molecule has 22 heavy (non-hydrogen) atoms. The minimum Gasteiger partial charge on any atom is -0.497 e. The Bertz CT molecular complexity index is 468. The van der Waals surface area contributed by atoms with Crippen LogP contribution in [0.2, 0.25) is 0 Å². The van der Waals surface area contributed by atoms with Gasteiger partial charge in [-0.05, 0) is 24.6 Å². The summed E-state index contributed by atoms with van der Waals surface area (Å²) in [7, 11) is 3.97. The first-order valence-corrected chi connectivity index (χ1v) is 8.28. The molecular weight excluding hydrogens is 276 g/mol. The molecule has 1 aromatic carbocycles. The Kier molecular flexibility index (Phi) is 6.74. The van der Waals surface area contributed by atoms with Crippen LogP contribution in [0, 0.1) is 0 Å². The molecule has 0 bridgehead atoms. The van der Waals surface area contributed by atoms with Gasteiger partial charge in [0.2, 0.25) is 0 Å². The Balaban J connectivity index is 1.77. The first kappa shape index (κ1) is 16.8. The van der Waals surface area contributed by atoms with Gasteiger partial charge in [0.05, 0.1) is 27.3 Å². The Morgan fingerprint density at radius 3 is 2.68 bits per heavy atom. The third-order valence-electron chi connectivity index (χ3n) is 4.37. The van der Waals surface area contributed by atoms with E-state index in [4.69, 9.17) is 9.47 Å². The van der Waals surface area contributed by atoms with E-state index < -0.39 is 0 Å². The molecule has 0 unspecified atom stereocenters.